The molecule has 0 N–H and O–H groups in total. The fraction of sp³-hybridized carbons (Fsp3) is 0.706. The molecule has 2 fully saturated rings. The van der Waals surface area contributed by atoms with Crippen molar-refractivity contribution in [3.63, 3.8) is 0 Å². The van der Waals surface area contributed by atoms with Crippen LogP contribution in [-0.2, 0) is 6.54 Å². The van der Waals surface area contributed by atoms with Gasteiger partial charge in [-0.1, -0.05) is 24.1 Å². The molecule has 0 saturated carbocycles. The molecule has 3 rings (SSSR count). The molecule has 0 amide bonds. The Hall–Kier alpha value is -0.680. The minimum absolute atomic E-state index is 0.574. The van der Waals surface area contributed by atoms with Crippen molar-refractivity contribution in [1.29, 1.82) is 0 Å². The van der Waals surface area contributed by atoms with Crippen molar-refractivity contribution in [2.24, 2.45) is 0 Å². The highest BCUT2D eigenvalue weighted by atomic mass is 35.5. The second kappa shape index (κ2) is 7.73. The fourth-order valence-electron chi connectivity index (χ4n) is 3.56. The van der Waals surface area contributed by atoms with Crippen LogP contribution in [0.3, 0.4) is 0 Å². The molecule has 1 unspecified atom stereocenters. The Bertz CT molecular complexity index is 456. The van der Waals surface area contributed by atoms with E-state index in [1.807, 2.05) is 12.3 Å². The first kappa shape index (κ1) is 16.2. The number of piperazine rings is 1. The zero-order chi connectivity index (χ0) is 15.4. The summed E-state index contributed by atoms with van der Waals surface area (Å²) in [5.41, 5.74) is 1.25. The first-order valence-electron chi connectivity index (χ1n) is 8.46. The van der Waals surface area contributed by atoms with Crippen LogP contribution in [-0.4, -0.2) is 72.0 Å². The molecule has 4 nitrogen and oxygen atoms in total. The maximum atomic E-state index is 5.84. The Morgan fingerprint density at radius 1 is 1.09 bits per heavy atom. The highest BCUT2D eigenvalue weighted by molar-refractivity contribution is 6.29. The van der Waals surface area contributed by atoms with Gasteiger partial charge in [-0.2, -0.15) is 0 Å². The molecular weight excluding hydrogens is 296 g/mol. The van der Waals surface area contributed by atoms with Crippen LogP contribution >= 0.6 is 11.6 Å². The maximum absolute atomic E-state index is 5.84. The molecule has 0 radical (unpaired) electrons. The van der Waals surface area contributed by atoms with E-state index < -0.39 is 0 Å². The second-order valence-electron chi connectivity index (χ2n) is 6.70. The number of hydrogen-bond donors (Lipinski definition) is 0. The average Bonchev–Trinajstić information content (AvgIpc) is 2.54. The smallest absolute Gasteiger partial charge is 0.129 e. The summed E-state index contributed by atoms with van der Waals surface area (Å²) in [4.78, 5) is 11.9. The molecule has 1 aromatic heterocycles. The predicted molar refractivity (Wildman–Crippen MR) is 91.2 cm³/mol. The molecule has 3 heterocycles. The summed E-state index contributed by atoms with van der Waals surface area (Å²) in [5.74, 6) is 0. The Labute approximate surface area is 139 Å². The van der Waals surface area contributed by atoms with Crippen molar-refractivity contribution >= 4 is 11.6 Å². The summed E-state index contributed by atoms with van der Waals surface area (Å²) >= 11 is 5.84. The topological polar surface area (TPSA) is 22.6 Å². The highest BCUT2D eigenvalue weighted by Gasteiger charge is 2.24. The maximum Gasteiger partial charge on any atom is 0.129 e. The summed E-state index contributed by atoms with van der Waals surface area (Å²) < 4.78 is 0. The lowest BCUT2D eigenvalue weighted by Gasteiger charge is -2.40. The predicted octanol–water partition coefficient (Wildman–Crippen LogP) is 2.34. The molecule has 5 heteroatoms. The van der Waals surface area contributed by atoms with Crippen molar-refractivity contribution in [2.45, 2.75) is 31.8 Å². The van der Waals surface area contributed by atoms with Crippen molar-refractivity contribution in [1.82, 2.24) is 19.7 Å². The van der Waals surface area contributed by atoms with E-state index >= 15 is 0 Å². The standard InChI is InChI=1S/C17H27ClN4/c1-20-7-3-2-4-16(20)14-22-10-8-21(9-11-22)13-15-5-6-17(18)19-12-15/h5-6,12,16H,2-4,7-11,13-14H2,1H3. The lowest BCUT2D eigenvalue weighted by atomic mass is 10.0. The van der Waals surface area contributed by atoms with Gasteiger partial charge < -0.3 is 4.90 Å². The van der Waals surface area contributed by atoms with Gasteiger partial charge in [0.15, 0.2) is 0 Å². The Balaban J connectivity index is 1.43. The van der Waals surface area contributed by atoms with Crippen molar-refractivity contribution in [3.05, 3.63) is 29.0 Å². The summed E-state index contributed by atoms with van der Waals surface area (Å²) in [6.07, 6.45) is 6.04. The van der Waals surface area contributed by atoms with Gasteiger partial charge in [0.1, 0.15) is 5.15 Å². The van der Waals surface area contributed by atoms with E-state index in [1.54, 1.807) is 0 Å². The van der Waals surface area contributed by atoms with Crippen LogP contribution < -0.4 is 0 Å². The fourth-order valence-corrected chi connectivity index (χ4v) is 3.67. The summed E-state index contributed by atoms with van der Waals surface area (Å²) in [6.45, 7) is 8.18. The van der Waals surface area contributed by atoms with Crippen LogP contribution in [0, 0.1) is 0 Å². The number of rotatable bonds is 4. The molecule has 0 aromatic carbocycles. The molecule has 1 aromatic rings. The van der Waals surface area contributed by atoms with Gasteiger partial charge >= 0.3 is 0 Å². The molecule has 22 heavy (non-hydrogen) atoms. The van der Waals surface area contributed by atoms with Gasteiger partial charge in [0.2, 0.25) is 0 Å². The SMILES string of the molecule is CN1CCCCC1CN1CCN(Cc2ccc(Cl)nc2)CC1. The largest absolute Gasteiger partial charge is 0.302 e. The number of hydrogen-bond acceptors (Lipinski definition) is 4. The Morgan fingerprint density at radius 2 is 1.86 bits per heavy atom. The number of piperidine rings is 1. The normalized spacial score (nSPS) is 25.5. The number of pyridine rings is 1. The van der Waals surface area contributed by atoms with Crippen LogP contribution in [0.15, 0.2) is 18.3 Å². The van der Waals surface area contributed by atoms with Gasteiger partial charge in [0, 0.05) is 51.5 Å². The van der Waals surface area contributed by atoms with Crippen molar-refractivity contribution < 1.29 is 0 Å². The molecule has 2 aliphatic heterocycles. The number of nitrogens with zero attached hydrogens (tertiary/aromatic N) is 4. The molecule has 0 spiro atoms. The van der Waals surface area contributed by atoms with Crippen LogP contribution in [0.25, 0.3) is 0 Å². The molecule has 1 atom stereocenters. The third kappa shape index (κ3) is 4.42. The van der Waals surface area contributed by atoms with E-state index in [0.29, 0.717) is 5.15 Å². The first-order chi connectivity index (χ1) is 10.7. The van der Waals surface area contributed by atoms with E-state index in [1.165, 1.54) is 51.0 Å². The number of aromatic nitrogens is 1. The summed E-state index contributed by atoms with van der Waals surface area (Å²) in [6, 6.07) is 4.73. The monoisotopic (exact) mass is 322 g/mol. The second-order valence-corrected chi connectivity index (χ2v) is 7.08. The molecule has 2 saturated heterocycles. The molecule has 0 aliphatic carbocycles. The summed E-state index contributed by atoms with van der Waals surface area (Å²) in [7, 11) is 2.29. The quantitative estimate of drug-likeness (QED) is 0.794. The number of halogens is 1. The third-order valence-electron chi connectivity index (χ3n) is 5.05. The van der Waals surface area contributed by atoms with Crippen LogP contribution in [0.1, 0.15) is 24.8 Å². The van der Waals surface area contributed by atoms with Gasteiger partial charge in [0.25, 0.3) is 0 Å². The van der Waals surface area contributed by atoms with Gasteiger partial charge in [-0.3, -0.25) is 9.80 Å². The summed E-state index contributed by atoms with van der Waals surface area (Å²) in [5, 5.41) is 0.574. The van der Waals surface area contributed by atoms with Crippen LogP contribution in [0.5, 0.6) is 0 Å². The van der Waals surface area contributed by atoms with Crippen LogP contribution in [0.4, 0.5) is 0 Å². The molecule has 2 aliphatic rings. The van der Waals surface area contributed by atoms with Gasteiger partial charge in [0.05, 0.1) is 0 Å². The van der Waals surface area contributed by atoms with Crippen molar-refractivity contribution in [2.75, 3.05) is 46.3 Å². The Morgan fingerprint density at radius 3 is 2.55 bits per heavy atom. The minimum atomic E-state index is 0.574. The molecule has 0 bridgehead atoms. The van der Waals surface area contributed by atoms with Gasteiger partial charge in [-0.25, -0.2) is 4.98 Å². The first-order valence-corrected chi connectivity index (χ1v) is 8.84. The molecular formula is C17H27ClN4. The van der Waals surface area contributed by atoms with Crippen molar-refractivity contribution in [3.8, 4) is 0 Å². The lowest BCUT2D eigenvalue weighted by Crippen LogP contribution is -2.51. The Kier molecular flexibility index (Phi) is 5.69. The van der Waals surface area contributed by atoms with Crippen LogP contribution in [0.2, 0.25) is 5.15 Å². The van der Waals surface area contributed by atoms with Gasteiger partial charge in [-0.05, 0) is 38.1 Å². The van der Waals surface area contributed by atoms with E-state index in [4.69, 9.17) is 11.6 Å². The lowest BCUT2D eigenvalue weighted by molar-refractivity contribution is 0.0817. The number of likely N-dealkylation sites (N-methyl/N-ethyl adjacent to an activating group) is 1. The van der Waals surface area contributed by atoms with E-state index in [-0.39, 0.29) is 0 Å². The zero-order valence-electron chi connectivity index (χ0n) is 13.5. The van der Waals surface area contributed by atoms with E-state index in [2.05, 4.69) is 32.8 Å². The minimum Gasteiger partial charge on any atom is -0.302 e. The average molecular weight is 323 g/mol. The van der Waals surface area contributed by atoms with E-state index in [0.717, 1.165) is 25.7 Å². The molecule has 122 valence electrons. The van der Waals surface area contributed by atoms with E-state index in [9.17, 15) is 0 Å². The highest BCUT2D eigenvalue weighted by Crippen LogP contribution is 2.17. The zero-order valence-corrected chi connectivity index (χ0v) is 14.3. The number of likely N-dealkylation sites (tertiary alicyclic amines) is 1. The third-order valence-corrected chi connectivity index (χ3v) is 5.27. The van der Waals surface area contributed by atoms with Gasteiger partial charge in [-0.15, -0.1) is 0 Å².